The second-order valence-corrected chi connectivity index (χ2v) is 6.26. The summed E-state index contributed by atoms with van der Waals surface area (Å²) >= 11 is 0. The highest BCUT2D eigenvalue weighted by Crippen LogP contribution is 2.23. The maximum atomic E-state index is 11.7. The van der Waals surface area contributed by atoms with Gasteiger partial charge in [-0.2, -0.15) is 0 Å². The number of carbonyl (C=O) groups is 1. The smallest absolute Gasteiger partial charge is 0.287 e. The third kappa shape index (κ3) is 3.72. The number of halogens is 1. The monoisotopic (exact) mass is 295 g/mol. The molecule has 0 saturated carbocycles. The molecular weight excluding hydrogens is 282 g/mol. The van der Waals surface area contributed by atoms with E-state index in [2.05, 4.69) is 5.32 Å². The van der Waals surface area contributed by atoms with E-state index in [0.717, 1.165) is 6.07 Å². The molecular formula is C10H14ClNO5S. The first-order valence-corrected chi connectivity index (χ1v) is 7.42. The van der Waals surface area contributed by atoms with Crippen molar-refractivity contribution in [2.24, 2.45) is 0 Å². The first-order valence-electron chi connectivity index (χ1n) is 5.11. The van der Waals surface area contributed by atoms with Crippen molar-refractivity contribution in [1.29, 1.82) is 0 Å². The molecule has 0 aliphatic heterocycles. The van der Waals surface area contributed by atoms with Gasteiger partial charge >= 0.3 is 0 Å². The van der Waals surface area contributed by atoms with Crippen LogP contribution in [0.2, 0.25) is 0 Å². The number of furan rings is 1. The maximum Gasteiger partial charge on any atom is 0.287 e. The predicted octanol–water partition coefficient (Wildman–Crippen LogP) is 1.28. The van der Waals surface area contributed by atoms with Gasteiger partial charge in [0.25, 0.3) is 15.0 Å². The van der Waals surface area contributed by atoms with Gasteiger partial charge in [0, 0.05) is 30.4 Å². The predicted molar refractivity (Wildman–Crippen MR) is 65.3 cm³/mol. The molecule has 1 rings (SSSR count). The van der Waals surface area contributed by atoms with Crippen LogP contribution in [0.3, 0.4) is 0 Å². The lowest BCUT2D eigenvalue weighted by Crippen LogP contribution is -2.31. The van der Waals surface area contributed by atoms with E-state index < -0.39 is 15.0 Å². The van der Waals surface area contributed by atoms with Crippen LogP contribution in [0.15, 0.2) is 15.4 Å². The number of ether oxygens (including phenoxy) is 1. The number of nitrogens with one attached hydrogen (secondary N) is 1. The average Bonchev–Trinajstić information content (AvgIpc) is 2.67. The van der Waals surface area contributed by atoms with Gasteiger partial charge in [-0.05, 0) is 13.8 Å². The van der Waals surface area contributed by atoms with E-state index in [9.17, 15) is 13.2 Å². The summed E-state index contributed by atoms with van der Waals surface area (Å²) in [6.07, 6.45) is -0.152. The highest BCUT2D eigenvalue weighted by Gasteiger charge is 2.22. The Kier molecular flexibility index (Phi) is 4.78. The molecule has 0 aliphatic carbocycles. The summed E-state index contributed by atoms with van der Waals surface area (Å²) in [5, 5.41) is 2.55. The Bertz CT molecular complexity index is 536. The second kappa shape index (κ2) is 5.73. The van der Waals surface area contributed by atoms with Gasteiger partial charge in [0.05, 0.1) is 6.10 Å². The zero-order valence-electron chi connectivity index (χ0n) is 10.2. The van der Waals surface area contributed by atoms with Gasteiger partial charge in [-0.1, -0.05) is 0 Å². The lowest BCUT2D eigenvalue weighted by atomic mass is 10.3. The Morgan fingerprint density at radius 1 is 1.61 bits per heavy atom. The molecule has 1 aromatic rings. The molecule has 0 aromatic carbocycles. The van der Waals surface area contributed by atoms with Gasteiger partial charge in [0.1, 0.15) is 10.7 Å². The Labute approximate surface area is 110 Å². The van der Waals surface area contributed by atoms with Gasteiger partial charge in [-0.25, -0.2) is 8.42 Å². The highest BCUT2D eigenvalue weighted by molar-refractivity contribution is 8.13. The molecule has 1 amide bonds. The fourth-order valence-corrected chi connectivity index (χ4v) is 2.32. The fraction of sp³-hybridized carbons (Fsp3) is 0.500. The van der Waals surface area contributed by atoms with Gasteiger partial charge in [0.15, 0.2) is 5.76 Å². The third-order valence-electron chi connectivity index (χ3n) is 2.31. The Balaban J connectivity index is 2.83. The lowest BCUT2D eigenvalue weighted by Gasteiger charge is -2.09. The van der Waals surface area contributed by atoms with Gasteiger partial charge in [-0.15, -0.1) is 0 Å². The largest absolute Gasteiger partial charge is 0.455 e. The van der Waals surface area contributed by atoms with E-state index in [0.29, 0.717) is 0 Å². The molecule has 0 fully saturated rings. The number of carbonyl (C=O) groups excluding carboxylic acids is 1. The van der Waals surface area contributed by atoms with Crippen LogP contribution in [0, 0.1) is 6.92 Å². The summed E-state index contributed by atoms with van der Waals surface area (Å²) in [7, 11) is 2.80. The molecule has 0 saturated heterocycles. The van der Waals surface area contributed by atoms with E-state index in [1.54, 1.807) is 6.92 Å². The van der Waals surface area contributed by atoms with E-state index in [1.807, 2.05) is 0 Å². The number of rotatable bonds is 5. The Morgan fingerprint density at radius 3 is 2.67 bits per heavy atom. The van der Waals surface area contributed by atoms with E-state index >= 15 is 0 Å². The summed E-state index contributed by atoms with van der Waals surface area (Å²) in [4.78, 5) is 11.5. The SMILES string of the molecule is COC(C)CNC(=O)c1cc(S(=O)(=O)Cl)c(C)o1. The molecule has 0 aliphatic rings. The standard InChI is InChI=1S/C10H14ClNO5S/c1-6(16-3)5-12-10(13)8-4-9(7(2)17-8)18(11,14)15/h4,6H,5H2,1-3H3,(H,12,13). The van der Waals surface area contributed by atoms with Crippen LogP contribution in [0.25, 0.3) is 0 Å². The number of hydrogen-bond acceptors (Lipinski definition) is 5. The molecule has 0 bridgehead atoms. The van der Waals surface area contributed by atoms with Gasteiger partial charge in [-0.3, -0.25) is 4.79 Å². The van der Waals surface area contributed by atoms with Crippen molar-refractivity contribution < 1.29 is 22.4 Å². The van der Waals surface area contributed by atoms with Crippen molar-refractivity contribution in [3.05, 3.63) is 17.6 Å². The van der Waals surface area contributed by atoms with Crippen LogP contribution in [0.4, 0.5) is 0 Å². The molecule has 1 aromatic heterocycles. The minimum absolute atomic E-state index is 0.0786. The zero-order valence-corrected chi connectivity index (χ0v) is 11.8. The van der Waals surface area contributed by atoms with Crippen molar-refractivity contribution >= 4 is 25.6 Å². The number of hydrogen-bond donors (Lipinski definition) is 1. The van der Waals surface area contributed by atoms with Crippen LogP contribution in [0.5, 0.6) is 0 Å². The third-order valence-corrected chi connectivity index (χ3v) is 3.74. The lowest BCUT2D eigenvalue weighted by molar-refractivity contribution is 0.0845. The maximum absolute atomic E-state index is 11.7. The zero-order chi connectivity index (χ0) is 13.9. The van der Waals surface area contributed by atoms with Crippen molar-refractivity contribution in [2.45, 2.75) is 24.8 Å². The highest BCUT2D eigenvalue weighted by atomic mass is 35.7. The molecule has 1 atom stereocenters. The summed E-state index contributed by atoms with van der Waals surface area (Å²) < 4.78 is 32.3. The van der Waals surface area contributed by atoms with E-state index in [1.165, 1.54) is 14.0 Å². The van der Waals surface area contributed by atoms with Crippen LogP contribution < -0.4 is 5.32 Å². The number of amides is 1. The normalized spacial score (nSPS) is 13.3. The molecule has 1 heterocycles. The first kappa shape index (κ1) is 15.0. The van der Waals surface area contributed by atoms with Crippen molar-refractivity contribution in [1.82, 2.24) is 5.32 Å². The summed E-state index contributed by atoms with van der Waals surface area (Å²) in [5.41, 5.74) is 0. The molecule has 1 unspecified atom stereocenters. The molecule has 8 heteroatoms. The topological polar surface area (TPSA) is 85.6 Å². The molecule has 0 radical (unpaired) electrons. The van der Waals surface area contributed by atoms with Crippen molar-refractivity contribution in [3.8, 4) is 0 Å². The Hall–Kier alpha value is -1.05. The van der Waals surface area contributed by atoms with Crippen LogP contribution in [0.1, 0.15) is 23.2 Å². The van der Waals surface area contributed by atoms with E-state index in [-0.39, 0.29) is 29.1 Å². The van der Waals surface area contributed by atoms with E-state index in [4.69, 9.17) is 19.8 Å². The average molecular weight is 296 g/mol. The number of methoxy groups -OCH3 is 1. The summed E-state index contributed by atoms with van der Waals surface area (Å²) in [5.74, 6) is -0.543. The summed E-state index contributed by atoms with van der Waals surface area (Å²) in [6.45, 7) is 3.49. The Morgan fingerprint density at radius 2 is 2.22 bits per heavy atom. The molecule has 6 nitrogen and oxygen atoms in total. The van der Waals surface area contributed by atoms with Crippen LogP contribution in [-0.2, 0) is 13.8 Å². The quantitative estimate of drug-likeness (QED) is 0.827. The summed E-state index contributed by atoms with van der Waals surface area (Å²) in [6, 6.07) is 1.10. The van der Waals surface area contributed by atoms with Crippen LogP contribution in [-0.4, -0.2) is 34.1 Å². The van der Waals surface area contributed by atoms with Gasteiger partial charge in [0.2, 0.25) is 0 Å². The minimum atomic E-state index is -3.91. The molecule has 102 valence electrons. The molecule has 1 N–H and O–H groups in total. The fourth-order valence-electron chi connectivity index (χ4n) is 1.23. The van der Waals surface area contributed by atoms with Crippen molar-refractivity contribution in [3.63, 3.8) is 0 Å². The van der Waals surface area contributed by atoms with Gasteiger partial charge < -0.3 is 14.5 Å². The van der Waals surface area contributed by atoms with Crippen molar-refractivity contribution in [2.75, 3.05) is 13.7 Å². The second-order valence-electron chi connectivity index (χ2n) is 3.73. The minimum Gasteiger partial charge on any atom is -0.455 e. The molecule has 0 spiro atoms. The van der Waals surface area contributed by atoms with Crippen LogP contribution >= 0.6 is 10.7 Å². The molecule has 18 heavy (non-hydrogen) atoms. The number of aryl methyl sites for hydroxylation is 1. The first-order chi connectivity index (χ1) is 8.25.